The number of nitrogens with one attached hydrogen (secondary N) is 1. The highest BCUT2D eigenvalue weighted by Crippen LogP contribution is 2.11. The Morgan fingerprint density at radius 1 is 1.62 bits per heavy atom. The van der Waals surface area contributed by atoms with Crippen LogP contribution in [0.25, 0.3) is 0 Å². The van der Waals surface area contributed by atoms with Crippen LogP contribution in [-0.2, 0) is 9.53 Å². The van der Waals surface area contributed by atoms with E-state index in [1.54, 1.807) is 0 Å². The maximum Gasteiger partial charge on any atom is 0.408 e. The molecule has 0 aromatic rings. The van der Waals surface area contributed by atoms with E-state index in [-0.39, 0.29) is 6.61 Å². The lowest BCUT2D eigenvalue weighted by atomic mass is 10.1. The molecular weight excluding hydrogens is 210 g/mol. The Labute approximate surface area is 93.8 Å². The highest BCUT2D eigenvalue weighted by molar-refractivity contribution is 5.79. The number of aliphatic carboxylic acids is 1. The topological polar surface area (TPSA) is 75.6 Å². The minimum absolute atomic E-state index is 0.211. The van der Waals surface area contributed by atoms with Crippen LogP contribution in [0.5, 0.6) is 0 Å². The molecule has 1 atom stereocenters. The van der Waals surface area contributed by atoms with Gasteiger partial charge in [-0.3, -0.25) is 4.79 Å². The zero-order chi connectivity index (χ0) is 12.0. The summed E-state index contributed by atoms with van der Waals surface area (Å²) in [6, 6.07) is -0.937. The first-order chi connectivity index (χ1) is 7.59. The van der Waals surface area contributed by atoms with E-state index in [0.29, 0.717) is 0 Å². The Morgan fingerprint density at radius 2 is 2.38 bits per heavy atom. The summed E-state index contributed by atoms with van der Waals surface area (Å²) in [5.41, 5.74) is 1.03. The van der Waals surface area contributed by atoms with E-state index < -0.39 is 18.1 Å². The zero-order valence-corrected chi connectivity index (χ0v) is 9.10. The van der Waals surface area contributed by atoms with Crippen molar-refractivity contribution in [3.63, 3.8) is 0 Å². The van der Waals surface area contributed by atoms with Gasteiger partial charge in [-0.15, -0.1) is 0 Å². The van der Waals surface area contributed by atoms with Crippen LogP contribution in [0.1, 0.15) is 19.8 Å². The molecule has 88 valence electrons. The van der Waals surface area contributed by atoms with E-state index in [9.17, 15) is 9.59 Å². The van der Waals surface area contributed by atoms with Crippen LogP contribution in [0.3, 0.4) is 0 Å². The molecule has 0 unspecified atom stereocenters. The average Bonchev–Trinajstić information content (AvgIpc) is 2.27. The van der Waals surface area contributed by atoms with Crippen LogP contribution in [-0.4, -0.2) is 29.8 Å². The number of amides is 1. The van der Waals surface area contributed by atoms with E-state index in [4.69, 9.17) is 9.84 Å². The molecule has 0 heterocycles. The molecule has 0 fully saturated rings. The predicted molar refractivity (Wildman–Crippen MR) is 58.0 cm³/mol. The zero-order valence-electron chi connectivity index (χ0n) is 9.10. The van der Waals surface area contributed by atoms with Crippen molar-refractivity contribution in [3.05, 3.63) is 23.8 Å². The number of carboxylic acid groups (broad SMARTS) is 1. The molecule has 0 saturated heterocycles. The minimum Gasteiger partial charge on any atom is -0.480 e. The summed E-state index contributed by atoms with van der Waals surface area (Å²) in [5.74, 6) is -1.09. The third kappa shape index (κ3) is 4.16. The van der Waals surface area contributed by atoms with Gasteiger partial charge in [-0.1, -0.05) is 18.2 Å². The number of hydrogen-bond donors (Lipinski definition) is 2. The average molecular weight is 225 g/mol. The van der Waals surface area contributed by atoms with Crippen LogP contribution < -0.4 is 5.32 Å². The fourth-order valence-electron chi connectivity index (χ4n) is 1.21. The van der Waals surface area contributed by atoms with Crippen molar-refractivity contribution in [1.82, 2.24) is 5.32 Å². The van der Waals surface area contributed by atoms with Gasteiger partial charge >= 0.3 is 12.1 Å². The van der Waals surface area contributed by atoms with Gasteiger partial charge in [0.2, 0.25) is 0 Å². The summed E-state index contributed by atoms with van der Waals surface area (Å²) >= 11 is 0. The Balaban J connectivity index is 2.27. The third-order valence-corrected chi connectivity index (χ3v) is 2.19. The standard InChI is InChI=1S/C11H15NO4/c1-8(10(13)14)12-11(15)16-7-9-5-3-2-4-6-9/h2-3,5,8H,4,6-7H2,1H3,(H,12,15)(H,13,14)/t8-/m0/s1. The lowest BCUT2D eigenvalue weighted by Crippen LogP contribution is -2.38. The molecule has 1 aliphatic rings. The van der Waals surface area contributed by atoms with Crippen molar-refractivity contribution in [2.45, 2.75) is 25.8 Å². The monoisotopic (exact) mass is 225 g/mol. The molecule has 0 aromatic carbocycles. The summed E-state index contributed by atoms with van der Waals surface area (Å²) < 4.78 is 4.89. The van der Waals surface area contributed by atoms with Crippen LogP contribution >= 0.6 is 0 Å². The van der Waals surface area contributed by atoms with Crippen LogP contribution in [0.2, 0.25) is 0 Å². The van der Waals surface area contributed by atoms with E-state index in [1.165, 1.54) is 6.92 Å². The molecule has 1 rings (SSSR count). The van der Waals surface area contributed by atoms with Crippen molar-refractivity contribution in [2.24, 2.45) is 0 Å². The number of ether oxygens (including phenoxy) is 1. The molecule has 5 heteroatoms. The van der Waals surface area contributed by atoms with E-state index in [2.05, 4.69) is 5.32 Å². The van der Waals surface area contributed by atoms with Gasteiger partial charge in [-0.05, 0) is 25.3 Å². The second-order valence-electron chi connectivity index (χ2n) is 3.57. The Hall–Kier alpha value is -1.78. The molecule has 16 heavy (non-hydrogen) atoms. The van der Waals surface area contributed by atoms with Crippen LogP contribution in [0, 0.1) is 0 Å². The SMILES string of the molecule is C[C@H](NC(=O)OCC1=CC=CCC1)C(=O)O. The number of alkyl carbamates (subject to hydrolysis) is 1. The molecule has 0 aromatic heterocycles. The van der Waals surface area contributed by atoms with Gasteiger partial charge in [0.05, 0.1) is 0 Å². The third-order valence-electron chi connectivity index (χ3n) is 2.19. The molecule has 0 spiro atoms. The van der Waals surface area contributed by atoms with E-state index in [1.807, 2.05) is 18.2 Å². The van der Waals surface area contributed by atoms with Crippen molar-refractivity contribution in [2.75, 3.05) is 6.61 Å². The smallest absolute Gasteiger partial charge is 0.408 e. The molecule has 0 aliphatic heterocycles. The minimum atomic E-state index is -1.09. The Kier molecular flexibility index (Phi) is 4.57. The first-order valence-electron chi connectivity index (χ1n) is 5.10. The quantitative estimate of drug-likeness (QED) is 0.759. The number of carbonyl (C=O) groups excluding carboxylic acids is 1. The van der Waals surface area contributed by atoms with Gasteiger partial charge in [-0.2, -0.15) is 0 Å². The first-order valence-corrected chi connectivity index (χ1v) is 5.10. The van der Waals surface area contributed by atoms with Gasteiger partial charge in [0, 0.05) is 0 Å². The highest BCUT2D eigenvalue weighted by atomic mass is 16.5. The van der Waals surface area contributed by atoms with E-state index in [0.717, 1.165) is 18.4 Å². The molecule has 0 saturated carbocycles. The fourth-order valence-corrected chi connectivity index (χ4v) is 1.21. The maximum atomic E-state index is 11.2. The molecular formula is C11H15NO4. The maximum absolute atomic E-state index is 11.2. The van der Waals surface area contributed by atoms with Crippen molar-refractivity contribution >= 4 is 12.1 Å². The van der Waals surface area contributed by atoms with Crippen LogP contribution in [0.15, 0.2) is 23.8 Å². The number of rotatable bonds is 4. The predicted octanol–water partition coefficient (Wildman–Crippen LogP) is 1.46. The van der Waals surface area contributed by atoms with Crippen molar-refractivity contribution in [1.29, 1.82) is 0 Å². The second kappa shape index (κ2) is 5.95. The number of allylic oxidation sites excluding steroid dienone is 3. The summed E-state index contributed by atoms with van der Waals surface area (Å²) in [7, 11) is 0. The van der Waals surface area contributed by atoms with Gasteiger partial charge < -0.3 is 15.2 Å². The molecule has 5 nitrogen and oxygen atoms in total. The van der Waals surface area contributed by atoms with Crippen LogP contribution in [0.4, 0.5) is 4.79 Å². The molecule has 1 amide bonds. The number of hydrogen-bond acceptors (Lipinski definition) is 3. The summed E-state index contributed by atoms with van der Waals surface area (Å²) in [6.45, 7) is 1.59. The van der Waals surface area contributed by atoms with Gasteiger partial charge in [-0.25, -0.2) is 4.79 Å². The molecule has 1 aliphatic carbocycles. The molecule has 2 N–H and O–H groups in total. The van der Waals surface area contributed by atoms with Crippen molar-refractivity contribution < 1.29 is 19.4 Å². The van der Waals surface area contributed by atoms with Gasteiger partial charge in [0.25, 0.3) is 0 Å². The lowest BCUT2D eigenvalue weighted by Gasteiger charge is -2.12. The largest absolute Gasteiger partial charge is 0.480 e. The van der Waals surface area contributed by atoms with E-state index >= 15 is 0 Å². The first kappa shape index (κ1) is 12.3. The Bertz CT molecular complexity index is 333. The van der Waals surface area contributed by atoms with Gasteiger partial charge in [0.1, 0.15) is 12.6 Å². The normalized spacial score (nSPS) is 16.2. The summed E-state index contributed by atoms with van der Waals surface area (Å²) in [6.07, 6.45) is 6.97. The lowest BCUT2D eigenvalue weighted by molar-refractivity contribution is -0.138. The summed E-state index contributed by atoms with van der Waals surface area (Å²) in [4.78, 5) is 21.6. The Morgan fingerprint density at radius 3 is 2.94 bits per heavy atom. The van der Waals surface area contributed by atoms with Crippen molar-refractivity contribution in [3.8, 4) is 0 Å². The number of carboxylic acids is 1. The molecule has 0 bridgehead atoms. The molecule has 0 radical (unpaired) electrons. The highest BCUT2D eigenvalue weighted by Gasteiger charge is 2.14. The van der Waals surface area contributed by atoms with Gasteiger partial charge in [0.15, 0.2) is 0 Å². The number of carbonyl (C=O) groups is 2. The fraction of sp³-hybridized carbons (Fsp3) is 0.455. The second-order valence-corrected chi connectivity index (χ2v) is 3.57. The summed E-state index contributed by atoms with van der Waals surface area (Å²) in [5, 5.41) is 10.8.